The lowest BCUT2D eigenvalue weighted by atomic mass is 9.87. The molecule has 0 amide bonds. The van der Waals surface area contributed by atoms with Crippen LogP contribution < -0.4 is 0 Å². The highest BCUT2D eigenvalue weighted by Gasteiger charge is 2.43. The Morgan fingerprint density at radius 1 is 1.05 bits per heavy atom. The zero-order chi connectivity index (χ0) is 27.2. The Kier molecular flexibility index (Phi) is 7.52. The molecule has 5 rings (SSSR count). The highest BCUT2D eigenvalue weighted by atomic mass is 19.3. The smallest absolute Gasteiger partial charge is 0.283 e. The van der Waals surface area contributed by atoms with Gasteiger partial charge in [-0.2, -0.15) is 0 Å². The molecule has 0 spiro atoms. The van der Waals surface area contributed by atoms with Crippen LogP contribution in [0, 0.1) is 17.6 Å². The highest BCUT2D eigenvalue weighted by Crippen LogP contribution is 2.42. The number of likely N-dealkylation sites (tertiary alicyclic amines) is 1. The molecule has 0 bridgehead atoms. The van der Waals surface area contributed by atoms with Crippen LogP contribution in [0.25, 0.3) is 10.9 Å². The van der Waals surface area contributed by atoms with E-state index in [1.807, 2.05) is 33.7 Å². The third kappa shape index (κ3) is 4.95. The third-order valence-electron chi connectivity index (χ3n) is 7.87. The number of benzene rings is 2. The van der Waals surface area contributed by atoms with E-state index in [9.17, 15) is 23.4 Å². The molecule has 2 aliphatic heterocycles. The Morgan fingerprint density at radius 2 is 1.74 bits per heavy atom. The molecule has 1 fully saturated rings. The maximum atomic E-state index is 15.8. The first-order chi connectivity index (χ1) is 18.1. The van der Waals surface area contributed by atoms with Gasteiger partial charge < -0.3 is 19.7 Å². The van der Waals surface area contributed by atoms with Crippen LogP contribution in [0.5, 0.6) is 0 Å². The van der Waals surface area contributed by atoms with Gasteiger partial charge in [-0.25, -0.2) is 17.6 Å². The van der Waals surface area contributed by atoms with Gasteiger partial charge in [-0.15, -0.1) is 0 Å². The van der Waals surface area contributed by atoms with Crippen molar-refractivity contribution in [3.63, 3.8) is 0 Å². The number of fused-ring (bicyclic) bond motifs is 3. The molecule has 0 radical (unpaired) electrons. The molecule has 206 valence electrons. The number of aliphatic hydroxyl groups is 2. The van der Waals surface area contributed by atoms with E-state index in [0.29, 0.717) is 38.3 Å². The van der Waals surface area contributed by atoms with Gasteiger partial charge in [-0.05, 0) is 48.6 Å². The first-order valence-corrected chi connectivity index (χ1v) is 12.9. The van der Waals surface area contributed by atoms with E-state index in [4.69, 9.17) is 0 Å². The van der Waals surface area contributed by atoms with Gasteiger partial charge in [0.2, 0.25) is 0 Å². The topological polar surface area (TPSA) is 51.9 Å². The summed E-state index contributed by atoms with van der Waals surface area (Å²) in [5, 5.41) is 20.9. The van der Waals surface area contributed by atoms with Crippen LogP contribution in [0.3, 0.4) is 0 Å². The van der Waals surface area contributed by atoms with Crippen molar-refractivity contribution in [3.05, 3.63) is 70.9 Å². The second kappa shape index (κ2) is 10.6. The van der Waals surface area contributed by atoms with Crippen LogP contribution >= 0.6 is 0 Å². The Hall–Kier alpha value is -2.53. The Labute approximate surface area is 218 Å². The van der Waals surface area contributed by atoms with Crippen LogP contribution in [0.2, 0.25) is 0 Å². The summed E-state index contributed by atoms with van der Waals surface area (Å²) in [6.07, 6.45) is -0.718. The van der Waals surface area contributed by atoms with Crippen molar-refractivity contribution < 1.29 is 32.2 Å². The van der Waals surface area contributed by atoms with Gasteiger partial charge in [0.05, 0.1) is 25.4 Å². The second-order valence-corrected chi connectivity index (χ2v) is 10.6. The van der Waals surface area contributed by atoms with E-state index in [1.165, 1.54) is 4.90 Å². The van der Waals surface area contributed by atoms with Crippen molar-refractivity contribution in [1.82, 2.24) is 14.4 Å². The summed E-state index contributed by atoms with van der Waals surface area (Å²) in [5.41, 5.74) is 1.02. The molecule has 3 heterocycles. The number of aliphatic hydroxyl groups excluding tert-OH is 2. The Morgan fingerprint density at radius 3 is 2.39 bits per heavy atom. The molecule has 10 heteroatoms. The zero-order valence-corrected chi connectivity index (χ0v) is 21.1. The fourth-order valence-corrected chi connectivity index (χ4v) is 5.92. The first kappa shape index (κ1) is 27.1. The van der Waals surface area contributed by atoms with Crippen molar-refractivity contribution in [1.29, 1.82) is 0 Å². The first-order valence-electron chi connectivity index (χ1n) is 12.9. The van der Waals surface area contributed by atoms with Crippen LogP contribution in [0.4, 0.5) is 22.0 Å². The third-order valence-corrected chi connectivity index (χ3v) is 7.87. The normalized spacial score (nSPS) is 22.0. The molecule has 5 nitrogen and oxygen atoms in total. The predicted molar refractivity (Wildman–Crippen MR) is 134 cm³/mol. The molecule has 3 atom stereocenters. The van der Waals surface area contributed by atoms with Gasteiger partial charge in [0, 0.05) is 54.9 Å². The van der Waals surface area contributed by atoms with Crippen molar-refractivity contribution in [2.75, 3.05) is 39.5 Å². The van der Waals surface area contributed by atoms with E-state index >= 15 is 8.78 Å². The molecule has 0 saturated carbocycles. The van der Waals surface area contributed by atoms with Crippen LogP contribution in [0.1, 0.15) is 42.3 Å². The van der Waals surface area contributed by atoms with Crippen LogP contribution in [-0.4, -0.2) is 76.0 Å². The van der Waals surface area contributed by atoms with Crippen molar-refractivity contribution in [3.8, 4) is 0 Å². The minimum absolute atomic E-state index is 0.0792. The molecule has 2 aliphatic rings. The standard InChI is InChI=1S/C28H32F5N3O2/c1-17-12-35-23-6-3-2-5-18(23)11-24(35)26(36(17)15-28(32,33)16-37)25-21(30)9-19(10-22(25)31)27(38)20-13-34(14-20)8-4-7-29/h2-3,5-6,9-11,17,20,26-27,37-38H,4,7-8,12-16H2,1H3/t17-,26+,27+/m1/s1. The molecule has 3 aromatic rings. The zero-order valence-electron chi connectivity index (χ0n) is 21.1. The Bertz CT molecular complexity index is 1270. The lowest BCUT2D eigenvalue weighted by Crippen LogP contribution is -2.51. The number of alkyl halides is 3. The summed E-state index contributed by atoms with van der Waals surface area (Å²) >= 11 is 0. The summed E-state index contributed by atoms with van der Waals surface area (Å²) in [6.45, 7) is 0.916. The molecule has 2 N–H and O–H groups in total. The van der Waals surface area contributed by atoms with Gasteiger partial charge >= 0.3 is 0 Å². The Balaban J connectivity index is 1.53. The van der Waals surface area contributed by atoms with Gasteiger partial charge in [0.25, 0.3) is 5.92 Å². The number of aromatic nitrogens is 1. The summed E-state index contributed by atoms with van der Waals surface area (Å²) < 4.78 is 74.8. The lowest BCUT2D eigenvalue weighted by Gasteiger charge is -2.43. The summed E-state index contributed by atoms with van der Waals surface area (Å²) in [5.74, 6) is -5.57. The molecular weight excluding hydrogens is 505 g/mol. The second-order valence-electron chi connectivity index (χ2n) is 10.6. The van der Waals surface area contributed by atoms with Gasteiger partial charge in [0.1, 0.15) is 18.2 Å². The quantitative estimate of drug-likeness (QED) is 0.390. The van der Waals surface area contributed by atoms with E-state index in [0.717, 1.165) is 23.0 Å². The molecule has 1 saturated heterocycles. The molecular formula is C28H32F5N3O2. The summed E-state index contributed by atoms with van der Waals surface area (Å²) in [4.78, 5) is 3.31. The van der Waals surface area contributed by atoms with Crippen molar-refractivity contribution in [2.45, 2.75) is 44.0 Å². The highest BCUT2D eigenvalue weighted by molar-refractivity contribution is 5.82. The maximum absolute atomic E-state index is 15.8. The number of hydrogen-bond donors (Lipinski definition) is 2. The van der Waals surface area contributed by atoms with E-state index in [1.54, 1.807) is 13.0 Å². The molecule has 2 aromatic carbocycles. The fourth-order valence-electron chi connectivity index (χ4n) is 5.92. The number of halogens is 5. The molecule has 0 unspecified atom stereocenters. The van der Waals surface area contributed by atoms with Gasteiger partial charge in [0.15, 0.2) is 0 Å². The lowest BCUT2D eigenvalue weighted by molar-refractivity contribution is -0.0896. The maximum Gasteiger partial charge on any atom is 0.283 e. The minimum Gasteiger partial charge on any atom is -0.390 e. The minimum atomic E-state index is -3.47. The van der Waals surface area contributed by atoms with Crippen molar-refractivity contribution >= 4 is 10.9 Å². The molecule has 38 heavy (non-hydrogen) atoms. The van der Waals surface area contributed by atoms with Crippen LogP contribution in [-0.2, 0) is 6.54 Å². The number of para-hydroxylation sites is 1. The van der Waals surface area contributed by atoms with Gasteiger partial charge in [-0.3, -0.25) is 9.29 Å². The van der Waals surface area contributed by atoms with E-state index in [-0.39, 0.29) is 17.0 Å². The molecule has 1 aromatic heterocycles. The summed E-state index contributed by atoms with van der Waals surface area (Å²) in [6, 6.07) is 9.66. The molecule has 0 aliphatic carbocycles. The van der Waals surface area contributed by atoms with Crippen molar-refractivity contribution in [2.24, 2.45) is 5.92 Å². The van der Waals surface area contributed by atoms with Gasteiger partial charge in [-0.1, -0.05) is 18.2 Å². The largest absolute Gasteiger partial charge is 0.390 e. The predicted octanol–water partition coefficient (Wildman–Crippen LogP) is 4.67. The van der Waals surface area contributed by atoms with E-state index < -0.39 is 55.6 Å². The number of rotatable bonds is 9. The fraction of sp³-hybridized carbons (Fsp3) is 0.500. The average molecular weight is 538 g/mol. The number of hydrogen-bond acceptors (Lipinski definition) is 4. The number of nitrogens with zero attached hydrogens (tertiary/aromatic N) is 3. The van der Waals surface area contributed by atoms with Crippen LogP contribution in [0.15, 0.2) is 42.5 Å². The average Bonchev–Trinajstić information content (AvgIpc) is 3.22. The SMILES string of the molecule is C[C@@H]1Cn2c(cc3ccccc32)[C@@H](c2c(F)cc([C@H](O)C3CN(CCCF)C3)cc2F)N1CC(F)(F)CO. The summed E-state index contributed by atoms with van der Waals surface area (Å²) in [7, 11) is 0. The monoisotopic (exact) mass is 537 g/mol. The van der Waals surface area contributed by atoms with E-state index in [2.05, 4.69) is 0 Å².